The van der Waals surface area contributed by atoms with Gasteiger partial charge in [0, 0.05) is 19.9 Å². The molecule has 0 N–H and O–H groups in total. The van der Waals surface area contributed by atoms with Crippen LogP contribution in [0.5, 0.6) is 0 Å². The van der Waals surface area contributed by atoms with Crippen LogP contribution in [0, 0.1) is 0 Å². The van der Waals surface area contributed by atoms with Crippen molar-refractivity contribution in [2.24, 2.45) is 7.05 Å². The molecule has 0 fully saturated rings. The number of aromatic nitrogens is 2. The fraction of sp³-hybridized carbons (Fsp3) is 0.500. The van der Waals surface area contributed by atoms with Crippen molar-refractivity contribution in [1.82, 2.24) is 9.55 Å². The third-order valence-corrected chi connectivity index (χ3v) is 12.4. The fourth-order valence-corrected chi connectivity index (χ4v) is 5.28. The van der Waals surface area contributed by atoms with Crippen LogP contribution in [0.25, 0.3) is 0 Å². The molecule has 2 rings (SSSR count). The van der Waals surface area contributed by atoms with Crippen molar-refractivity contribution in [3.63, 3.8) is 0 Å². The van der Waals surface area contributed by atoms with Gasteiger partial charge in [-0.3, -0.25) is 9.36 Å². The van der Waals surface area contributed by atoms with Crippen LogP contribution in [0.1, 0.15) is 17.7 Å². The maximum absolute atomic E-state index is 12.0. The molecule has 0 saturated heterocycles. The van der Waals surface area contributed by atoms with E-state index in [9.17, 15) is 4.79 Å². The van der Waals surface area contributed by atoms with Gasteiger partial charge in [0.05, 0.1) is 5.69 Å². The molecule has 0 saturated carbocycles. The Labute approximate surface area is 96.5 Å². The van der Waals surface area contributed by atoms with E-state index in [-0.39, 0.29) is 12.9 Å². The summed E-state index contributed by atoms with van der Waals surface area (Å²) in [6.07, 6.45) is 2.97. The van der Waals surface area contributed by atoms with Gasteiger partial charge >= 0.3 is 0 Å². The van der Waals surface area contributed by atoms with Gasteiger partial charge < -0.3 is 0 Å². The van der Waals surface area contributed by atoms with Gasteiger partial charge in [0.2, 0.25) is 0 Å². The number of nitrogens with zero attached hydrogens (tertiary/aromatic N) is 2. The zero-order valence-corrected chi connectivity index (χ0v) is 12.7. The van der Waals surface area contributed by atoms with Gasteiger partial charge in [-0.2, -0.15) is 0 Å². The minimum absolute atomic E-state index is 0.172. The molecule has 0 amide bonds. The van der Waals surface area contributed by atoms with Gasteiger partial charge in [0.25, 0.3) is 5.56 Å². The summed E-state index contributed by atoms with van der Waals surface area (Å²) in [5, 5.41) is 0. The molecule has 0 bridgehead atoms. The van der Waals surface area contributed by atoms with E-state index in [2.05, 4.69) is 22.8 Å². The highest BCUT2D eigenvalue weighted by Gasteiger charge is 2.20. The lowest BCUT2D eigenvalue weighted by atomic mass is 10.3. The Hall–Kier alpha value is 0.600. The minimum Gasteiger partial charge on any atom is -0.295 e. The van der Waals surface area contributed by atoms with E-state index in [0.717, 1.165) is 44.0 Å². The summed E-state index contributed by atoms with van der Waals surface area (Å²) in [6.45, 7) is 0. The van der Waals surface area contributed by atoms with E-state index in [4.69, 9.17) is 0 Å². The first kappa shape index (κ1) is 12.1. The van der Waals surface area contributed by atoms with Crippen molar-refractivity contribution >= 4 is 38.7 Å². The zero-order valence-electron chi connectivity index (χ0n) is 8.53. The largest absolute Gasteiger partial charge is 0.295 e. The molecule has 82 valence electrons. The summed E-state index contributed by atoms with van der Waals surface area (Å²) >= 11 is 0. The van der Waals surface area contributed by atoms with Gasteiger partial charge in [-0.1, -0.05) is 16.9 Å². The molecule has 1 heterocycles. The molecular formula is C8H14N2OP4. The lowest BCUT2D eigenvalue weighted by molar-refractivity contribution is 0.838. The molecule has 15 heavy (non-hydrogen) atoms. The van der Waals surface area contributed by atoms with Gasteiger partial charge in [0.15, 0.2) is 0 Å². The summed E-state index contributed by atoms with van der Waals surface area (Å²) in [4.78, 5) is 16.7. The van der Waals surface area contributed by atoms with Gasteiger partial charge in [0.1, 0.15) is 5.57 Å². The van der Waals surface area contributed by atoms with E-state index < -0.39 is 0 Å². The normalized spacial score (nSPS) is 17.3. The van der Waals surface area contributed by atoms with E-state index in [1.165, 1.54) is 0 Å². The maximum Gasteiger partial charge on any atom is 0.256 e. The topological polar surface area (TPSA) is 34.9 Å². The Kier molecular flexibility index (Phi) is 3.90. The Bertz CT molecular complexity index is 445. The SMILES string of the molecule is Cn1c(P(P)PP)nc2c(c1=O)CCC2. The number of aryl methyl sites for hydroxylation is 1. The van der Waals surface area contributed by atoms with Gasteiger partial charge in [-0.05, 0) is 19.3 Å². The van der Waals surface area contributed by atoms with Crippen LogP contribution in [-0.2, 0) is 19.9 Å². The number of hydrogen-bond donors (Lipinski definition) is 0. The Morgan fingerprint density at radius 1 is 1.53 bits per heavy atom. The second-order valence-corrected chi connectivity index (χ2v) is 12.6. The van der Waals surface area contributed by atoms with E-state index in [1.807, 2.05) is 7.05 Å². The van der Waals surface area contributed by atoms with Crippen LogP contribution in [0.4, 0.5) is 0 Å². The Morgan fingerprint density at radius 3 is 2.93 bits per heavy atom. The highest BCUT2D eigenvalue weighted by Crippen LogP contribution is 2.64. The average Bonchev–Trinajstić information content (AvgIpc) is 2.70. The second-order valence-electron chi connectivity index (χ2n) is 3.55. The van der Waals surface area contributed by atoms with Crippen molar-refractivity contribution in [2.75, 3.05) is 0 Å². The van der Waals surface area contributed by atoms with E-state index in [0.29, 0.717) is 0 Å². The van der Waals surface area contributed by atoms with Crippen LogP contribution in [0.3, 0.4) is 0 Å². The van der Waals surface area contributed by atoms with Crippen molar-refractivity contribution < 1.29 is 0 Å². The number of rotatable bonds is 2. The van der Waals surface area contributed by atoms with Crippen molar-refractivity contribution in [1.29, 1.82) is 0 Å². The summed E-state index contributed by atoms with van der Waals surface area (Å²) in [6, 6.07) is 0. The third kappa shape index (κ3) is 2.18. The average molecular weight is 278 g/mol. The first-order chi connectivity index (χ1) is 7.15. The molecule has 3 nitrogen and oxygen atoms in total. The molecule has 1 aromatic heterocycles. The fourth-order valence-electron chi connectivity index (χ4n) is 1.84. The third-order valence-electron chi connectivity index (χ3n) is 2.64. The highest BCUT2D eigenvalue weighted by atomic mass is 32.6. The van der Waals surface area contributed by atoms with Gasteiger partial charge in [-0.25, -0.2) is 4.98 Å². The number of fused-ring (bicyclic) bond motifs is 1. The van der Waals surface area contributed by atoms with Crippen LogP contribution in [0.15, 0.2) is 4.79 Å². The monoisotopic (exact) mass is 278 g/mol. The van der Waals surface area contributed by atoms with E-state index in [1.54, 1.807) is 4.57 Å². The summed E-state index contributed by atoms with van der Waals surface area (Å²) in [7, 11) is 7.79. The van der Waals surface area contributed by atoms with Gasteiger partial charge in [-0.15, -0.1) is 8.93 Å². The lowest BCUT2D eigenvalue weighted by Crippen LogP contribution is -2.33. The Balaban J connectivity index is 2.59. The summed E-state index contributed by atoms with van der Waals surface area (Å²) in [5.74, 6) is 0. The maximum atomic E-state index is 12.0. The van der Waals surface area contributed by atoms with E-state index >= 15 is 0 Å². The van der Waals surface area contributed by atoms with Crippen LogP contribution < -0.4 is 11.1 Å². The summed E-state index contributed by atoms with van der Waals surface area (Å²) in [5.41, 5.74) is 3.13. The first-order valence-electron chi connectivity index (χ1n) is 4.75. The molecule has 7 heteroatoms. The van der Waals surface area contributed by atoms with Crippen molar-refractivity contribution in [2.45, 2.75) is 19.3 Å². The molecule has 0 aliphatic heterocycles. The smallest absolute Gasteiger partial charge is 0.256 e. The van der Waals surface area contributed by atoms with Crippen LogP contribution in [0.2, 0.25) is 0 Å². The summed E-state index contributed by atoms with van der Waals surface area (Å²) < 4.78 is 1.74. The van der Waals surface area contributed by atoms with Crippen LogP contribution in [-0.4, -0.2) is 9.55 Å². The standard InChI is InChI=1S/C8H14N2OP4/c1-10-7(11)5-3-2-4-6(5)9-8(10)15(13)14-12/h14H,2-4,12-13H2,1H3. The molecule has 4 atom stereocenters. The number of hydrogen-bond acceptors (Lipinski definition) is 2. The second kappa shape index (κ2) is 4.85. The predicted octanol–water partition coefficient (Wildman–Crippen LogP) is 1.55. The first-order valence-corrected chi connectivity index (χ1v) is 11.4. The zero-order chi connectivity index (χ0) is 11.0. The molecule has 0 spiro atoms. The molecule has 4 unspecified atom stereocenters. The quantitative estimate of drug-likeness (QED) is 0.769. The molecule has 1 aliphatic rings. The predicted molar refractivity (Wildman–Crippen MR) is 75.8 cm³/mol. The minimum atomic E-state index is -0.358. The van der Waals surface area contributed by atoms with Crippen molar-refractivity contribution in [3.8, 4) is 0 Å². The molecule has 0 aromatic carbocycles. The highest BCUT2D eigenvalue weighted by molar-refractivity contribution is 8.63. The lowest BCUT2D eigenvalue weighted by Gasteiger charge is -2.14. The van der Waals surface area contributed by atoms with Crippen molar-refractivity contribution in [3.05, 3.63) is 21.6 Å². The molecule has 1 aromatic rings. The molecular weight excluding hydrogens is 264 g/mol. The molecule has 0 radical (unpaired) electrons. The Morgan fingerprint density at radius 2 is 2.27 bits per heavy atom. The molecule has 1 aliphatic carbocycles. The van der Waals surface area contributed by atoms with Crippen LogP contribution >= 0.6 is 33.1 Å².